The maximum atomic E-state index is 14.2. The van der Waals surface area contributed by atoms with Crippen LogP contribution >= 0.6 is 0 Å². The van der Waals surface area contributed by atoms with Crippen molar-refractivity contribution in [1.82, 2.24) is 10.3 Å². The van der Waals surface area contributed by atoms with Gasteiger partial charge >= 0.3 is 0 Å². The number of phenolic OH excluding ortho intramolecular Hbond substituents is 1. The van der Waals surface area contributed by atoms with Gasteiger partial charge in [-0.25, -0.2) is 0 Å². The third-order valence-corrected chi connectivity index (χ3v) is 6.14. The van der Waals surface area contributed by atoms with E-state index in [0.717, 1.165) is 16.5 Å². The summed E-state index contributed by atoms with van der Waals surface area (Å²) in [7, 11) is 3.05. The molecule has 1 aromatic heterocycles. The average molecular weight is 516 g/mol. The van der Waals surface area contributed by atoms with Gasteiger partial charge in [0.15, 0.2) is 11.5 Å². The molecular formula is C30H33N3O5. The number of aromatic amines is 1. The summed E-state index contributed by atoms with van der Waals surface area (Å²) in [5.41, 5.74) is 2.21. The Hall–Kier alpha value is -4.46. The number of carbonyl (C=O) groups is 2. The highest BCUT2D eigenvalue weighted by molar-refractivity contribution is 6.03. The van der Waals surface area contributed by atoms with E-state index in [1.54, 1.807) is 30.3 Å². The van der Waals surface area contributed by atoms with Crippen molar-refractivity contribution in [2.75, 3.05) is 19.1 Å². The number of ether oxygens (including phenoxy) is 2. The van der Waals surface area contributed by atoms with E-state index in [2.05, 4.69) is 10.3 Å². The number of nitrogens with one attached hydrogen (secondary N) is 2. The molecule has 1 heterocycles. The van der Waals surface area contributed by atoms with Crippen LogP contribution in [-0.2, 0) is 16.0 Å². The molecule has 38 heavy (non-hydrogen) atoms. The summed E-state index contributed by atoms with van der Waals surface area (Å²) in [6, 6.07) is 18.2. The minimum atomic E-state index is -1.02. The van der Waals surface area contributed by atoms with E-state index in [9.17, 15) is 14.7 Å². The van der Waals surface area contributed by atoms with E-state index in [1.165, 1.54) is 31.3 Å². The fourth-order valence-corrected chi connectivity index (χ4v) is 4.45. The molecule has 0 saturated heterocycles. The second-order valence-corrected chi connectivity index (χ2v) is 10.1. The van der Waals surface area contributed by atoms with Crippen molar-refractivity contribution in [2.45, 2.75) is 38.8 Å². The van der Waals surface area contributed by atoms with Gasteiger partial charge in [0, 0.05) is 34.4 Å². The fourth-order valence-electron chi connectivity index (χ4n) is 4.45. The number of rotatable bonds is 8. The number of amides is 2. The van der Waals surface area contributed by atoms with Crippen molar-refractivity contribution in [3.05, 3.63) is 84.1 Å². The Morgan fingerprint density at radius 1 is 0.974 bits per heavy atom. The molecular weight excluding hydrogens is 482 g/mol. The minimum Gasteiger partial charge on any atom is -0.508 e. The van der Waals surface area contributed by atoms with Gasteiger partial charge in [0.25, 0.3) is 0 Å². The first kappa shape index (κ1) is 26.6. The molecule has 3 aromatic carbocycles. The van der Waals surface area contributed by atoms with Crippen LogP contribution in [0.15, 0.2) is 72.9 Å². The fraction of sp³-hybridized carbons (Fsp3) is 0.267. The Bertz CT molecular complexity index is 1440. The summed E-state index contributed by atoms with van der Waals surface area (Å²) in [5, 5.41) is 13.9. The topological polar surface area (TPSA) is 104 Å². The van der Waals surface area contributed by atoms with Crippen molar-refractivity contribution in [2.24, 2.45) is 0 Å². The summed E-state index contributed by atoms with van der Waals surface area (Å²) in [6.45, 7) is 5.65. The normalized spacial score (nSPS) is 12.1. The number of H-pyrrole nitrogens is 1. The highest BCUT2D eigenvalue weighted by Gasteiger charge is 2.35. The zero-order valence-corrected chi connectivity index (χ0v) is 22.2. The van der Waals surface area contributed by atoms with Gasteiger partial charge in [0.2, 0.25) is 11.8 Å². The average Bonchev–Trinajstić information content (AvgIpc) is 3.29. The second-order valence-electron chi connectivity index (χ2n) is 10.1. The van der Waals surface area contributed by atoms with Gasteiger partial charge in [-0.3, -0.25) is 14.5 Å². The van der Waals surface area contributed by atoms with E-state index in [0.29, 0.717) is 22.7 Å². The highest BCUT2D eigenvalue weighted by Crippen LogP contribution is 2.36. The molecule has 1 atom stereocenters. The maximum absolute atomic E-state index is 14.2. The van der Waals surface area contributed by atoms with Crippen LogP contribution in [0.1, 0.15) is 37.9 Å². The summed E-state index contributed by atoms with van der Waals surface area (Å²) < 4.78 is 10.9. The predicted octanol–water partition coefficient (Wildman–Crippen LogP) is 5.12. The molecule has 0 aliphatic rings. The lowest BCUT2D eigenvalue weighted by Gasteiger charge is -2.34. The molecule has 2 amide bonds. The molecule has 3 N–H and O–H groups in total. The third kappa shape index (κ3) is 5.75. The number of aromatic nitrogens is 1. The Balaban J connectivity index is 1.86. The van der Waals surface area contributed by atoms with Crippen molar-refractivity contribution < 1.29 is 24.2 Å². The van der Waals surface area contributed by atoms with Crippen molar-refractivity contribution in [3.63, 3.8) is 0 Å². The van der Waals surface area contributed by atoms with Gasteiger partial charge in [0.1, 0.15) is 11.8 Å². The summed E-state index contributed by atoms with van der Waals surface area (Å²) in [6.07, 6.45) is 1.87. The van der Waals surface area contributed by atoms with Crippen LogP contribution in [0.5, 0.6) is 17.2 Å². The summed E-state index contributed by atoms with van der Waals surface area (Å²) in [5.74, 6) is 0.344. The minimum absolute atomic E-state index is 0.0513. The highest BCUT2D eigenvalue weighted by atomic mass is 16.5. The van der Waals surface area contributed by atoms with Gasteiger partial charge in [-0.1, -0.05) is 30.3 Å². The number of para-hydroxylation sites is 1. The Morgan fingerprint density at radius 3 is 2.32 bits per heavy atom. The van der Waals surface area contributed by atoms with E-state index in [-0.39, 0.29) is 24.0 Å². The first-order valence-corrected chi connectivity index (χ1v) is 12.3. The number of anilines is 1. The number of carbonyl (C=O) groups excluding carboxylic acids is 2. The molecule has 4 aromatic rings. The van der Waals surface area contributed by atoms with Gasteiger partial charge in [-0.05, 0) is 62.2 Å². The maximum Gasteiger partial charge on any atom is 0.248 e. The Labute approximate surface area is 222 Å². The first-order chi connectivity index (χ1) is 18.1. The van der Waals surface area contributed by atoms with E-state index < -0.39 is 11.6 Å². The Kier molecular flexibility index (Phi) is 7.62. The molecule has 0 spiro atoms. The van der Waals surface area contributed by atoms with E-state index in [4.69, 9.17) is 9.47 Å². The lowest BCUT2D eigenvalue weighted by Crippen LogP contribution is -2.49. The Morgan fingerprint density at radius 2 is 1.66 bits per heavy atom. The number of nitrogens with zero attached hydrogens (tertiary/aromatic N) is 1. The molecule has 0 saturated carbocycles. The number of phenols is 1. The van der Waals surface area contributed by atoms with Crippen LogP contribution in [0.3, 0.4) is 0 Å². The van der Waals surface area contributed by atoms with Crippen LogP contribution in [0.2, 0.25) is 0 Å². The monoisotopic (exact) mass is 515 g/mol. The van der Waals surface area contributed by atoms with Crippen LogP contribution in [0.4, 0.5) is 5.69 Å². The van der Waals surface area contributed by atoms with Crippen molar-refractivity contribution >= 4 is 28.4 Å². The van der Waals surface area contributed by atoms with E-state index in [1.807, 2.05) is 51.2 Å². The van der Waals surface area contributed by atoms with Gasteiger partial charge in [-0.15, -0.1) is 0 Å². The van der Waals surface area contributed by atoms with Crippen LogP contribution < -0.4 is 19.7 Å². The quantitative estimate of drug-likeness (QED) is 0.302. The third-order valence-electron chi connectivity index (χ3n) is 6.14. The summed E-state index contributed by atoms with van der Waals surface area (Å²) >= 11 is 0. The predicted molar refractivity (Wildman–Crippen MR) is 148 cm³/mol. The number of benzene rings is 3. The molecule has 0 fully saturated rings. The molecule has 0 bridgehead atoms. The molecule has 198 valence electrons. The van der Waals surface area contributed by atoms with Crippen LogP contribution in [0, 0.1) is 0 Å². The van der Waals surface area contributed by atoms with Crippen molar-refractivity contribution in [1.29, 1.82) is 0 Å². The zero-order valence-electron chi connectivity index (χ0n) is 22.2. The number of aromatic hydroxyl groups is 1. The standard InChI is InChI=1S/C30H33N3O5/c1-30(2,3)32-29(36)28(19-10-13-22(34)14-11-19)33(21-12-15-25(37-4)26(17-21)38-5)27(35)16-20-18-31-24-9-7-6-8-23(20)24/h6-15,17-18,28,31,34H,16H2,1-5H3,(H,32,36). The number of hydrogen-bond donors (Lipinski definition) is 3. The second kappa shape index (κ2) is 10.9. The number of hydrogen-bond acceptors (Lipinski definition) is 5. The number of methoxy groups -OCH3 is 2. The molecule has 0 aliphatic heterocycles. The molecule has 8 nitrogen and oxygen atoms in total. The largest absolute Gasteiger partial charge is 0.508 e. The van der Waals surface area contributed by atoms with Crippen LogP contribution in [-0.4, -0.2) is 41.7 Å². The van der Waals surface area contributed by atoms with Gasteiger partial charge in [0.05, 0.1) is 20.6 Å². The smallest absolute Gasteiger partial charge is 0.248 e. The SMILES string of the molecule is COc1ccc(N(C(=O)Cc2c[nH]c3ccccc23)C(C(=O)NC(C)(C)C)c2ccc(O)cc2)cc1OC. The summed E-state index contributed by atoms with van der Waals surface area (Å²) in [4.78, 5) is 32.7. The number of fused-ring (bicyclic) bond motifs is 1. The van der Waals surface area contributed by atoms with Gasteiger partial charge in [-0.2, -0.15) is 0 Å². The van der Waals surface area contributed by atoms with E-state index >= 15 is 0 Å². The zero-order chi connectivity index (χ0) is 27.4. The van der Waals surface area contributed by atoms with Gasteiger partial charge < -0.3 is 24.9 Å². The molecule has 0 aliphatic carbocycles. The first-order valence-electron chi connectivity index (χ1n) is 12.3. The van der Waals surface area contributed by atoms with Crippen LogP contribution in [0.25, 0.3) is 10.9 Å². The lowest BCUT2D eigenvalue weighted by molar-refractivity contribution is -0.127. The lowest BCUT2D eigenvalue weighted by atomic mass is 9.99. The molecule has 0 radical (unpaired) electrons. The molecule has 1 unspecified atom stereocenters. The molecule has 4 rings (SSSR count). The van der Waals surface area contributed by atoms with Crippen molar-refractivity contribution in [3.8, 4) is 17.2 Å². The molecule has 8 heteroatoms.